The Balaban J connectivity index is 2.58. The van der Waals surface area contributed by atoms with E-state index in [4.69, 9.17) is 5.73 Å². The first kappa shape index (κ1) is 13.1. The van der Waals surface area contributed by atoms with E-state index in [1.807, 2.05) is 0 Å². The zero-order valence-electron chi connectivity index (χ0n) is 10.1. The van der Waals surface area contributed by atoms with E-state index in [1.165, 1.54) is 6.07 Å². The maximum atomic E-state index is 12.9. The molecule has 0 fully saturated rings. The van der Waals surface area contributed by atoms with E-state index in [9.17, 15) is 8.78 Å². The van der Waals surface area contributed by atoms with Crippen LogP contribution in [-0.2, 0) is 6.42 Å². The highest BCUT2D eigenvalue weighted by Crippen LogP contribution is 2.21. The van der Waals surface area contributed by atoms with Crippen molar-refractivity contribution in [3.8, 4) is 0 Å². The molecule has 0 aliphatic rings. The fourth-order valence-corrected chi connectivity index (χ4v) is 1.45. The summed E-state index contributed by atoms with van der Waals surface area (Å²) in [6.07, 6.45) is 1.45. The molecule has 0 amide bonds. The predicted octanol–water partition coefficient (Wildman–Crippen LogP) is 3.27. The molecule has 2 N–H and O–H groups in total. The molecule has 0 aliphatic heterocycles. The van der Waals surface area contributed by atoms with Gasteiger partial charge in [-0.05, 0) is 36.0 Å². The molecule has 16 heavy (non-hydrogen) atoms. The molecule has 0 aliphatic carbocycles. The van der Waals surface area contributed by atoms with Crippen molar-refractivity contribution in [2.45, 2.75) is 39.7 Å². The average Bonchev–Trinajstić information content (AvgIpc) is 2.18. The molecule has 1 rings (SSSR count). The third-order valence-electron chi connectivity index (χ3n) is 2.84. The lowest BCUT2D eigenvalue weighted by atomic mass is 9.84. The lowest BCUT2D eigenvalue weighted by molar-refractivity contribution is 0.306. The molecule has 0 heterocycles. The fraction of sp³-hybridized carbons (Fsp3) is 0.538. The van der Waals surface area contributed by atoms with Gasteiger partial charge in [0.25, 0.3) is 0 Å². The van der Waals surface area contributed by atoms with Gasteiger partial charge in [-0.15, -0.1) is 0 Å². The topological polar surface area (TPSA) is 26.0 Å². The molecule has 0 saturated carbocycles. The van der Waals surface area contributed by atoms with E-state index in [-0.39, 0.29) is 11.5 Å². The second-order valence-corrected chi connectivity index (χ2v) is 5.26. The van der Waals surface area contributed by atoms with E-state index < -0.39 is 11.6 Å². The summed E-state index contributed by atoms with van der Waals surface area (Å²) in [7, 11) is 0. The Bertz CT molecular complexity index is 355. The highest BCUT2D eigenvalue weighted by atomic mass is 19.2. The summed E-state index contributed by atoms with van der Waals surface area (Å²) < 4.78 is 25.6. The Kier molecular flexibility index (Phi) is 4.03. The van der Waals surface area contributed by atoms with Crippen molar-refractivity contribution in [2.75, 3.05) is 0 Å². The van der Waals surface area contributed by atoms with E-state index >= 15 is 0 Å². The molecular weight excluding hydrogens is 208 g/mol. The van der Waals surface area contributed by atoms with Gasteiger partial charge >= 0.3 is 0 Å². The van der Waals surface area contributed by atoms with Gasteiger partial charge < -0.3 is 5.73 Å². The van der Waals surface area contributed by atoms with Crippen LogP contribution in [0.3, 0.4) is 0 Å². The predicted molar refractivity (Wildman–Crippen MR) is 62.1 cm³/mol. The van der Waals surface area contributed by atoms with Crippen molar-refractivity contribution in [1.29, 1.82) is 0 Å². The number of hydrogen-bond acceptors (Lipinski definition) is 1. The Morgan fingerprint density at radius 3 is 2.31 bits per heavy atom. The Morgan fingerprint density at radius 2 is 1.81 bits per heavy atom. The largest absolute Gasteiger partial charge is 0.327 e. The fourth-order valence-electron chi connectivity index (χ4n) is 1.45. The van der Waals surface area contributed by atoms with Gasteiger partial charge in [0.2, 0.25) is 0 Å². The van der Waals surface area contributed by atoms with Crippen LogP contribution >= 0.6 is 0 Å². The Hall–Kier alpha value is -0.960. The van der Waals surface area contributed by atoms with Crippen LogP contribution in [0.5, 0.6) is 0 Å². The first-order valence-electron chi connectivity index (χ1n) is 5.50. The lowest BCUT2D eigenvalue weighted by Gasteiger charge is -2.27. The lowest BCUT2D eigenvalue weighted by Crippen LogP contribution is -2.35. The molecule has 3 heteroatoms. The molecular formula is C13H19F2N. The second kappa shape index (κ2) is 4.91. The first-order valence-corrected chi connectivity index (χ1v) is 5.50. The van der Waals surface area contributed by atoms with Crippen molar-refractivity contribution < 1.29 is 8.78 Å². The maximum Gasteiger partial charge on any atom is 0.159 e. The van der Waals surface area contributed by atoms with Crippen LogP contribution in [0.2, 0.25) is 0 Å². The molecule has 0 spiro atoms. The molecule has 1 nitrogen and oxygen atoms in total. The summed E-state index contributed by atoms with van der Waals surface area (Å²) in [6, 6.07) is 4.06. The number of hydrogen-bond donors (Lipinski definition) is 1. The number of benzene rings is 1. The van der Waals surface area contributed by atoms with Crippen LogP contribution in [0, 0.1) is 17.0 Å². The van der Waals surface area contributed by atoms with Crippen LogP contribution in [0.15, 0.2) is 18.2 Å². The van der Waals surface area contributed by atoms with Gasteiger partial charge in [-0.1, -0.05) is 26.8 Å². The van der Waals surface area contributed by atoms with Crippen LogP contribution < -0.4 is 5.73 Å². The summed E-state index contributed by atoms with van der Waals surface area (Å²) in [4.78, 5) is 0. The molecule has 0 aromatic heterocycles. The number of halogens is 2. The zero-order chi connectivity index (χ0) is 12.3. The van der Waals surface area contributed by atoms with Gasteiger partial charge in [0.1, 0.15) is 0 Å². The van der Waals surface area contributed by atoms with Crippen molar-refractivity contribution in [3.63, 3.8) is 0 Å². The van der Waals surface area contributed by atoms with E-state index in [2.05, 4.69) is 20.8 Å². The average molecular weight is 227 g/mol. The molecule has 1 atom stereocenters. The highest BCUT2D eigenvalue weighted by molar-refractivity contribution is 5.18. The van der Waals surface area contributed by atoms with Gasteiger partial charge in [0, 0.05) is 6.04 Å². The summed E-state index contributed by atoms with van der Waals surface area (Å²) in [5.74, 6) is -1.59. The van der Waals surface area contributed by atoms with Crippen molar-refractivity contribution in [2.24, 2.45) is 11.1 Å². The van der Waals surface area contributed by atoms with Gasteiger partial charge in [-0.3, -0.25) is 0 Å². The minimum atomic E-state index is -0.802. The standard InChI is InChI=1S/C13H19F2N/c1-13(2,3)12(16)7-5-9-4-6-10(14)11(15)8-9/h4,6,8,12H,5,7,16H2,1-3H3. The van der Waals surface area contributed by atoms with Crippen LogP contribution in [0.4, 0.5) is 8.78 Å². The molecule has 1 aromatic rings. The molecule has 0 radical (unpaired) electrons. The third-order valence-corrected chi connectivity index (χ3v) is 2.84. The summed E-state index contributed by atoms with van der Waals surface area (Å²) in [5.41, 5.74) is 6.83. The third kappa shape index (κ3) is 3.56. The number of nitrogens with two attached hydrogens (primary N) is 1. The molecule has 1 unspecified atom stereocenters. The van der Waals surface area contributed by atoms with Crippen molar-refractivity contribution in [3.05, 3.63) is 35.4 Å². The molecule has 0 saturated heterocycles. The van der Waals surface area contributed by atoms with E-state index in [0.29, 0.717) is 6.42 Å². The smallest absolute Gasteiger partial charge is 0.159 e. The van der Waals surface area contributed by atoms with Crippen molar-refractivity contribution in [1.82, 2.24) is 0 Å². The van der Waals surface area contributed by atoms with Gasteiger partial charge in [0.15, 0.2) is 11.6 Å². The first-order chi connectivity index (χ1) is 7.30. The summed E-state index contributed by atoms with van der Waals surface area (Å²) in [5, 5.41) is 0. The quantitative estimate of drug-likeness (QED) is 0.842. The van der Waals surface area contributed by atoms with Gasteiger partial charge in [0.05, 0.1) is 0 Å². The molecule has 1 aromatic carbocycles. The molecule has 90 valence electrons. The Labute approximate surface area is 95.7 Å². The van der Waals surface area contributed by atoms with Crippen LogP contribution in [0.1, 0.15) is 32.8 Å². The summed E-state index contributed by atoms with van der Waals surface area (Å²) in [6.45, 7) is 6.22. The summed E-state index contributed by atoms with van der Waals surface area (Å²) >= 11 is 0. The van der Waals surface area contributed by atoms with Crippen molar-refractivity contribution >= 4 is 0 Å². The SMILES string of the molecule is CC(C)(C)C(N)CCc1ccc(F)c(F)c1. The Morgan fingerprint density at radius 1 is 1.19 bits per heavy atom. The maximum absolute atomic E-state index is 12.9. The second-order valence-electron chi connectivity index (χ2n) is 5.26. The van der Waals surface area contributed by atoms with E-state index in [0.717, 1.165) is 18.1 Å². The number of rotatable bonds is 3. The van der Waals surface area contributed by atoms with Gasteiger partial charge in [-0.2, -0.15) is 0 Å². The highest BCUT2D eigenvalue weighted by Gasteiger charge is 2.20. The number of aryl methyl sites for hydroxylation is 1. The monoisotopic (exact) mass is 227 g/mol. The molecule has 0 bridgehead atoms. The van der Waals surface area contributed by atoms with Crippen LogP contribution in [-0.4, -0.2) is 6.04 Å². The normalized spacial score (nSPS) is 13.9. The van der Waals surface area contributed by atoms with E-state index in [1.54, 1.807) is 6.07 Å². The van der Waals surface area contributed by atoms with Crippen LogP contribution in [0.25, 0.3) is 0 Å². The van der Waals surface area contributed by atoms with Gasteiger partial charge in [-0.25, -0.2) is 8.78 Å². The minimum absolute atomic E-state index is 0.0403. The minimum Gasteiger partial charge on any atom is -0.327 e. The zero-order valence-corrected chi connectivity index (χ0v) is 10.1.